The van der Waals surface area contributed by atoms with Crippen molar-refractivity contribution in [1.82, 2.24) is 9.55 Å². The van der Waals surface area contributed by atoms with Crippen LogP contribution in [0.5, 0.6) is 0 Å². The van der Waals surface area contributed by atoms with Crippen molar-refractivity contribution in [2.75, 3.05) is 0 Å². The molecule has 0 saturated carbocycles. The van der Waals surface area contributed by atoms with Crippen molar-refractivity contribution in [3.63, 3.8) is 0 Å². The summed E-state index contributed by atoms with van der Waals surface area (Å²) < 4.78 is 1.44. The van der Waals surface area contributed by atoms with Gasteiger partial charge < -0.3 is 5.11 Å². The van der Waals surface area contributed by atoms with Crippen molar-refractivity contribution in [1.29, 1.82) is 0 Å². The third-order valence-corrected chi connectivity index (χ3v) is 3.29. The number of hydrogen-bond donors (Lipinski definition) is 1. The number of aromatic nitrogens is 2. The summed E-state index contributed by atoms with van der Waals surface area (Å²) in [6.45, 7) is 0.195. The topological polar surface area (TPSA) is 55.1 Å². The van der Waals surface area contributed by atoms with Gasteiger partial charge in [0.05, 0.1) is 29.9 Å². The third-order valence-electron chi connectivity index (χ3n) is 3.29. The van der Waals surface area contributed by atoms with Crippen molar-refractivity contribution in [3.05, 3.63) is 76.8 Å². The smallest absolute Gasteiger partial charge is 0.261 e. The van der Waals surface area contributed by atoms with Crippen molar-refractivity contribution in [2.24, 2.45) is 0 Å². The molecule has 0 radical (unpaired) electrons. The van der Waals surface area contributed by atoms with Gasteiger partial charge in [-0.2, -0.15) is 0 Å². The Bertz CT molecular complexity index is 781. The molecule has 0 aliphatic rings. The van der Waals surface area contributed by atoms with E-state index in [4.69, 9.17) is 0 Å². The lowest BCUT2D eigenvalue weighted by Crippen LogP contribution is -2.23. The Morgan fingerprint density at radius 3 is 2.55 bits per heavy atom. The number of rotatable bonds is 3. The van der Waals surface area contributed by atoms with Gasteiger partial charge in [-0.25, -0.2) is 4.98 Å². The molecule has 4 heteroatoms. The molecule has 4 nitrogen and oxygen atoms in total. The molecule has 3 rings (SSSR count). The zero-order chi connectivity index (χ0) is 13.9. The summed E-state index contributed by atoms with van der Waals surface area (Å²) in [6.07, 6.45) is 0.758. The molecular weight excluding hydrogens is 252 g/mol. The maximum absolute atomic E-state index is 12.3. The molecule has 2 aromatic carbocycles. The van der Waals surface area contributed by atoms with E-state index in [1.807, 2.05) is 42.5 Å². The van der Waals surface area contributed by atoms with Gasteiger partial charge >= 0.3 is 0 Å². The van der Waals surface area contributed by atoms with Crippen molar-refractivity contribution < 1.29 is 5.11 Å². The lowest BCUT2D eigenvalue weighted by Gasteiger charge is -2.13. The fourth-order valence-corrected chi connectivity index (χ4v) is 2.20. The highest BCUT2D eigenvalue weighted by molar-refractivity contribution is 5.76. The molecule has 1 atom stereocenters. The normalized spacial score (nSPS) is 12.4. The molecule has 0 unspecified atom stereocenters. The van der Waals surface area contributed by atoms with Crippen molar-refractivity contribution >= 4 is 10.9 Å². The maximum atomic E-state index is 12.3. The number of aliphatic hydroxyl groups excluding tert-OH is 1. The van der Waals surface area contributed by atoms with E-state index in [1.54, 1.807) is 12.1 Å². The number of nitrogens with zero attached hydrogens (tertiary/aromatic N) is 2. The Kier molecular flexibility index (Phi) is 3.31. The van der Waals surface area contributed by atoms with Gasteiger partial charge in [0.2, 0.25) is 0 Å². The molecule has 0 bridgehead atoms. The minimum Gasteiger partial charge on any atom is -0.387 e. The zero-order valence-corrected chi connectivity index (χ0v) is 10.8. The molecule has 0 aliphatic carbocycles. The number of aliphatic hydroxyl groups is 1. The predicted molar refractivity (Wildman–Crippen MR) is 77.4 cm³/mol. The number of benzene rings is 2. The molecule has 0 spiro atoms. The van der Waals surface area contributed by atoms with Gasteiger partial charge in [0.15, 0.2) is 0 Å². The first kappa shape index (κ1) is 12.6. The molecular formula is C16H14N2O2. The lowest BCUT2D eigenvalue weighted by molar-refractivity contribution is 0.155. The Morgan fingerprint density at radius 2 is 1.75 bits per heavy atom. The van der Waals surface area contributed by atoms with Gasteiger partial charge in [0.1, 0.15) is 0 Å². The molecule has 0 aliphatic heterocycles. The van der Waals surface area contributed by atoms with E-state index in [-0.39, 0.29) is 12.1 Å². The van der Waals surface area contributed by atoms with Crippen LogP contribution in [0.15, 0.2) is 65.7 Å². The first-order valence-corrected chi connectivity index (χ1v) is 6.43. The summed E-state index contributed by atoms with van der Waals surface area (Å²) in [7, 11) is 0. The highest BCUT2D eigenvalue weighted by atomic mass is 16.3. The minimum atomic E-state index is -0.725. The van der Waals surface area contributed by atoms with Crippen LogP contribution in [0.2, 0.25) is 0 Å². The summed E-state index contributed by atoms with van der Waals surface area (Å²) in [5.41, 5.74) is 1.32. The fraction of sp³-hybridized carbons (Fsp3) is 0.125. The van der Waals surface area contributed by atoms with E-state index in [0.29, 0.717) is 10.9 Å². The molecule has 1 N–H and O–H groups in total. The van der Waals surface area contributed by atoms with E-state index in [2.05, 4.69) is 4.98 Å². The van der Waals surface area contributed by atoms with Crippen LogP contribution in [0.3, 0.4) is 0 Å². The lowest BCUT2D eigenvalue weighted by atomic mass is 10.1. The van der Waals surface area contributed by atoms with E-state index < -0.39 is 6.10 Å². The van der Waals surface area contributed by atoms with Crippen LogP contribution in [-0.4, -0.2) is 14.7 Å². The molecule has 3 aromatic rings. The van der Waals surface area contributed by atoms with E-state index in [9.17, 15) is 9.90 Å². The summed E-state index contributed by atoms with van der Waals surface area (Å²) in [5, 5.41) is 10.7. The van der Waals surface area contributed by atoms with Crippen LogP contribution >= 0.6 is 0 Å². The van der Waals surface area contributed by atoms with E-state index in [1.165, 1.54) is 10.9 Å². The highest BCUT2D eigenvalue weighted by Gasteiger charge is 2.10. The Morgan fingerprint density at radius 1 is 1.05 bits per heavy atom. The Hall–Kier alpha value is -2.46. The van der Waals surface area contributed by atoms with Crippen LogP contribution in [0.25, 0.3) is 10.9 Å². The van der Waals surface area contributed by atoms with Gasteiger partial charge in [-0.1, -0.05) is 42.5 Å². The molecule has 100 valence electrons. The minimum absolute atomic E-state index is 0.134. The van der Waals surface area contributed by atoms with Gasteiger partial charge in [-0.3, -0.25) is 9.36 Å². The van der Waals surface area contributed by atoms with Crippen LogP contribution < -0.4 is 5.56 Å². The van der Waals surface area contributed by atoms with Crippen LogP contribution in [-0.2, 0) is 6.54 Å². The molecule has 1 aromatic heterocycles. The fourth-order valence-electron chi connectivity index (χ4n) is 2.20. The molecule has 0 saturated heterocycles. The zero-order valence-electron chi connectivity index (χ0n) is 10.8. The predicted octanol–water partition coefficient (Wildman–Crippen LogP) is 2.13. The van der Waals surface area contributed by atoms with Gasteiger partial charge in [0.25, 0.3) is 5.56 Å². The standard InChI is InChI=1S/C16H14N2O2/c19-15(12-6-2-1-3-7-12)10-18-11-17-14-9-5-4-8-13(14)16(18)20/h1-9,11,15,19H,10H2/t15-/m1/s1. The van der Waals surface area contributed by atoms with Gasteiger partial charge in [-0.15, -0.1) is 0 Å². The quantitative estimate of drug-likeness (QED) is 0.790. The van der Waals surface area contributed by atoms with E-state index in [0.717, 1.165) is 5.56 Å². The van der Waals surface area contributed by atoms with Gasteiger partial charge in [-0.05, 0) is 17.7 Å². The number of fused-ring (bicyclic) bond motifs is 1. The third kappa shape index (κ3) is 2.33. The number of hydrogen-bond acceptors (Lipinski definition) is 3. The van der Waals surface area contributed by atoms with Crippen LogP contribution in [0.4, 0.5) is 0 Å². The molecule has 0 amide bonds. The van der Waals surface area contributed by atoms with Crippen LogP contribution in [0.1, 0.15) is 11.7 Å². The molecule has 1 heterocycles. The van der Waals surface area contributed by atoms with Gasteiger partial charge in [0, 0.05) is 0 Å². The first-order chi connectivity index (χ1) is 9.75. The average molecular weight is 266 g/mol. The monoisotopic (exact) mass is 266 g/mol. The second kappa shape index (κ2) is 5.27. The molecule has 0 fully saturated rings. The summed E-state index contributed by atoms with van der Waals surface area (Å²) in [5.74, 6) is 0. The Balaban J connectivity index is 1.96. The summed E-state index contributed by atoms with van der Waals surface area (Å²) in [6, 6.07) is 16.5. The second-order valence-electron chi connectivity index (χ2n) is 4.65. The average Bonchev–Trinajstić information content (AvgIpc) is 2.51. The van der Waals surface area contributed by atoms with E-state index >= 15 is 0 Å². The van der Waals surface area contributed by atoms with Crippen molar-refractivity contribution in [3.8, 4) is 0 Å². The summed E-state index contributed by atoms with van der Waals surface area (Å²) >= 11 is 0. The summed E-state index contributed by atoms with van der Waals surface area (Å²) in [4.78, 5) is 16.5. The number of para-hydroxylation sites is 1. The maximum Gasteiger partial charge on any atom is 0.261 e. The second-order valence-corrected chi connectivity index (χ2v) is 4.65. The SMILES string of the molecule is O=c1c2ccccc2ncn1C[C@@H](O)c1ccccc1. The largest absolute Gasteiger partial charge is 0.387 e. The Labute approximate surface area is 116 Å². The van der Waals surface area contributed by atoms with Crippen molar-refractivity contribution in [2.45, 2.75) is 12.6 Å². The molecule has 20 heavy (non-hydrogen) atoms. The first-order valence-electron chi connectivity index (χ1n) is 6.43. The van der Waals surface area contributed by atoms with Crippen LogP contribution in [0, 0.1) is 0 Å². The highest BCUT2D eigenvalue weighted by Crippen LogP contribution is 2.14.